The number of aliphatic hydroxyl groups excluding tert-OH is 1. The molecule has 0 bridgehead atoms. The Morgan fingerprint density at radius 2 is 2.24 bits per heavy atom. The van der Waals surface area contributed by atoms with Gasteiger partial charge in [-0.2, -0.15) is 0 Å². The normalized spacial score (nSPS) is 12.5. The number of anilines is 1. The summed E-state index contributed by atoms with van der Waals surface area (Å²) >= 11 is 0. The molecule has 2 N–H and O–H groups in total. The molecule has 0 heterocycles. The van der Waals surface area contributed by atoms with Crippen LogP contribution in [0.25, 0.3) is 0 Å². The minimum absolute atomic E-state index is 0.257. The van der Waals surface area contributed by atoms with E-state index >= 15 is 0 Å². The Morgan fingerprint density at radius 3 is 2.88 bits per heavy atom. The van der Waals surface area contributed by atoms with Crippen LogP contribution in [-0.4, -0.2) is 37.9 Å². The largest absolute Gasteiger partial charge is 0.390 e. The third-order valence-corrected chi connectivity index (χ3v) is 2.54. The highest BCUT2D eigenvalue weighted by Gasteiger charge is 2.08. The van der Waals surface area contributed by atoms with Crippen LogP contribution in [0.4, 0.5) is 10.1 Å². The van der Waals surface area contributed by atoms with Gasteiger partial charge in [0.2, 0.25) is 0 Å². The lowest BCUT2D eigenvalue weighted by atomic mass is 10.2. The lowest BCUT2D eigenvalue weighted by Gasteiger charge is -2.23. The number of nitrogens with zero attached hydrogens (tertiary/aromatic N) is 1. The summed E-state index contributed by atoms with van der Waals surface area (Å²) in [4.78, 5) is 1.85. The number of rotatable bonds is 7. The summed E-state index contributed by atoms with van der Waals surface area (Å²) in [6.07, 6.45) is 0.599. The van der Waals surface area contributed by atoms with Crippen molar-refractivity contribution >= 4 is 5.69 Å². The number of halogens is 1. The number of benzene rings is 1. The van der Waals surface area contributed by atoms with E-state index in [9.17, 15) is 9.50 Å². The van der Waals surface area contributed by atoms with E-state index in [-0.39, 0.29) is 5.82 Å². The number of nitrogens with one attached hydrogen (secondary N) is 1. The molecule has 96 valence electrons. The predicted molar refractivity (Wildman–Crippen MR) is 68.8 cm³/mol. The van der Waals surface area contributed by atoms with Gasteiger partial charge in [0.25, 0.3) is 0 Å². The SMILES string of the molecule is CCCNCC(O)CN(C)c1cccc(F)c1. The van der Waals surface area contributed by atoms with E-state index in [1.807, 2.05) is 18.0 Å². The molecule has 1 aromatic carbocycles. The first kappa shape index (κ1) is 13.9. The van der Waals surface area contributed by atoms with E-state index in [1.165, 1.54) is 12.1 Å². The number of aliphatic hydroxyl groups is 1. The molecule has 1 atom stereocenters. The van der Waals surface area contributed by atoms with Gasteiger partial charge in [0.15, 0.2) is 0 Å². The molecule has 0 spiro atoms. The van der Waals surface area contributed by atoms with Crippen LogP contribution in [0.2, 0.25) is 0 Å². The second-order valence-electron chi connectivity index (χ2n) is 4.22. The van der Waals surface area contributed by atoms with Crippen molar-refractivity contribution in [3.8, 4) is 0 Å². The molecule has 17 heavy (non-hydrogen) atoms. The molecule has 1 rings (SSSR count). The third kappa shape index (κ3) is 5.15. The average molecular weight is 240 g/mol. The second-order valence-corrected chi connectivity index (χ2v) is 4.22. The highest BCUT2D eigenvalue weighted by molar-refractivity contribution is 5.45. The monoisotopic (exact) mass is 240 g/mol. The smallest absolute Gasteiger partial charge is 0.125 e. The Hall–Kier alpha value is -1.13. The Morgan fingerprint density at radius 1 is 1.47 bits per heavy atom. The standard InChI is InChI=1S/C13H21FN2O/c1-3-7-15-9-13(17)10-16(2)12-6-4-5-11(14)8-12/h4-6,8,13,15,17H,3,7,9-10H2,1-2H3. The summed E-state index contributed by atoms with van der Waals surface area (Å²) in [5.41, 5.74) is 0.777. The molecule has 0 aromatic heterocycles. The Labute approximate surface area is 102 Å². The van der Waals surface area contributed by atoms with Crippen molar-refractivity contribution < 1.29 is 9.50 Å². The van der Waals surface area contributed by atoms with Gasteiger partial charge in [0, 0.05) is 25.8 Å². The molecule has 0 aliphatic heterocycles. The summed E-state index contributed by atoms with van der Waals surface area (Å²) in [5, 5.41) is 12.9. The van der Waals surface area contributed by atoms with Gasteiger partial charge in [-0.15, -0.1) is 0 Å². The highest BCUT2D eigenvalue weighted by Crippen LogP contribution is 2.13. The summed E-state index contributed by atoms with van der Waals surface area (Å²) < 4.78 is 13.0. The third-order valence-electron chi connectivity index (χ3n) is 2.54. The molecular weight excluding hydrogens is 219 g/mol. The first-order valence-corrected chi connectivity index (χ1v) is 5.99. The highest BCUT2D eigenvalue weighted by atomic mass is 19.1. The van der Waals surface area contributed by atoms with Crippen LogP contribution in [0.5, 0.6) is 0 Å². The van der Waals surface area contributed by atoms with Gasteiger partial charge < -0.3 is 15.3 Å². The molecule has 0 fully saturated rings. The molecule has 4 heteroatoms. The molecule has 0 saturated heterocycles. The maximum Gasteiger partial charge on any atom is 0.125 e. The second kappa shape index (κ2) is 7.25. The van der Waals surface area contributed by atoms with Crippen LogP contribution in [0.3, 0.4) is 0 Å². The quantitative estimate of drug-likeness (QED) is 0.711. The Kier molecular flexibility index (Phi) is 5.94. The van der Waals surface area contributed by atoms with Crippen LogP contribution in [0.1, 0.15) is 13.3 Å². The Bertz CT molecular complexity index is 333. The lowest BCUT2D eigenvalue weighted by Crippen LogP contribution is -2.36. The van der Waals surface area contributed by atoms with Crippen molar-refractivity contribution in [1.29, 1.82) is 0 Å². The van der Waals surface area contributed by atoms with Crippen molar-refractivity contribution in [3.05, 3.63) is 30.1 Å². The summed E-state index contributed by atoms with van der Waals surface area (Å²) in [6, 6.07) is 6.38. The molecule has 0 aliphatic carbocycles. The fraction of sp³-hybridized carbons (Fsp3) is 0.538. The van der Waals surface area contributed by atoms with E-state index in [2.05, 4.69) is 12.2 Å². The minimum atomic E-state index is -0.449. The first-order valence-electron chi connectivity index (χ1n) is 5.99. The van der Waals surface area contributed by atoms with Crippen molar-refractivity contribution in [1.82, 2.24) is 5.32 Å². The van der Waals surface area contributed by atoms with Gasteiger partial charge in [0.1, 0.15) is 5.82 Å². The molecule has 0 aliphatic rings. The zero-order chi connectivity index (χ0) is 12.7. The molecule has 0 amide bonds. The summed E-state index contributed by atoms with van der Waals surface area (Å²) in [5.74, 6) is -0.257. The van der Waals surface area contributed by atoms with Crippen LogP contribution >= 0.6 is 0 Å². The zero-order valence-electron chi connectivity index (χ0n) is 10.5. The first-order chi connectivity index (χ1) is 8.13. The number of likely N-dealkylation sites (N-methyl/N-ethyl adjacent to an activating group) is 1. The zero-order valence-corrected chi connectivity index (χ0v) is 10.5. The fourth-order valence-corrected chi connectivity index (χ4v) is 1.65. The van der Waals surface area contributed by atoms with Gasteiger partial charge in [0.05, 0.1) is 6.10 Å². The van der Waals surface area contributed by atoms with Gasteiger partial charge in [-0.05, 0) is 31.2 Å². The lowest BCUT2D eigenvalue weighted by molar-refractivity contribution is 0.178. The minimum Gasteiger partial charge on any atom is -0.390 e. The topological polar surface area (TPSA) is 35.5 Å². The molecule has 0 radical (unpaired) electrons. The molecule has 3 nitrogen and oxygen atoms in total. The number of hydrogen-bond donors (Lipinski definition) is 2. The predicted octanol–water partition coefficient (Wildman–Crippen LogP) is 1.62. The summed E-state index contributed by atoms with van der Waals surface area (Å²) in [6.45, 7) is 4.03. The van der Waals surface area contributed by atoms with E-state index in [4.69, 9.17) is 0 Å². The molecule has 1 unspecified atom stereocenters. The van der Waals surface area contributed by atoms with Crippen molar-refractivity contribution in [3.63, 3.8) is 0 Å². The van der Waals surface area contributed by atoms with Gasteiger partial charge in [-0.25, -0.2) is 4.39 Å². The van der Waals surface area contributed by atoms with E-state index < -0.39 is 6.10 Å². The summed E-state index contributed by atoms with van der Waals surface area (Å²) in [7, 11) is 1.85. The molecule has 0 saturated carbocycles. The van der Waals surface area contributed by atoms with Gasteiger partial charge in [-0.1, -0.05) is 13.0 Å². The maximum atomic E-state index is 13.0. The average Bonchev–Trinajstić information content (AvgIpc) is 2.29. The van der Waals surface area contributed by atoms with E-state index in [1.54, 1.807) is 6.07 Å². The van der Waals surface area contributed by atoms with Crippen molar-refractivity contribution in [2.24, 2.45) is 0 Å². The van der Waals surface area contributed by atoms with Crippen LogP contribution < -0.4 is 10.2 Å². The van der Waals surface area contributed by atoms with Crippen LogP contribution in [0, 0.1) is 5.82 Å². The molecule has 1 aromatic rings. The van der Waals surface area contributed by atoms with Crippen molar-refractivity contribution in [2.45, 2.75) is 19.4 Å². The number of hydrogen-bond acceptors (Lipinski definition) is 3. The Balaban J connectivity index is 2.40. The van der Waals surface area contributed by atoms with E-state index in [0.717, 1.165) is 18.7 Å². The van der Waals surface area contributed by atoms with Gasteiger partial charge >= 0.3 is 0 Å². The fourth-order valence-electron chi connectivity index (χ4n) is 1.65. The molecular formula is C13H21FN2O. The maximum absolute atomic E-state index is 13.0. The van der Waals surface area contributed by atoms with E-state index in [0.29, 0.717) is 13.1 Å². The van der Waals surface area contributed by atoms with Gasteiger partial charge in [-0.3, -0.25) is 0 Å². The van der Waals surface area contributed by atoms with Crippen molar-refractivity contribution in [2.75, 3.05) is 31.6 Å². The van der Waals surface area contributed by atoms with Crippen LogP contribution in [-0.2, 0) is 0 Å². The van der Waals surface area contributed by atoms with Crippen LogP contribution in [0.15, 0.2) is 24.3 Å².